The fraction of sp³-hybridized carbons (Fsp3) is 0.643. The van der Waals surface area contributed by atoms with E-state index in [4.69, 9.17) is 12.2 Å². The van der Waals surface area contributed by atoms with Gasteiger partial charge in [-0.3, -0.25) is 9.67 Å². The molecule has 4 nitrogen and oxygen atoms in total. The van der Waals surface area contributed by atoms with E-state index in [0.29, 0.717) is 10.7 Å². The number of aryl methyl sites for hydroxylation is 1. The Bertz CT molecular complexity index is 621. The molecule has 0 amide bonds. The van der Waals surface area contributed by atoms with Crippen molar-refractivity contribution in [2.75, 3.05) is 0 Å². The second-order valence-electron chi connectivity index (χ2n) is 5.48. The number of aromatic nitrogens is 4. The summed E-state index contributed by atoms with van der Waals surface area (Å²) < 4.78 is 2.80. The molecule has 2 aromatic heterocycles. The molecule has 0 atom stereocenters. The summed E-state index contributed by atoms with van der Waals surface area (Å²) in [5.41, 5.74) is 1.05. The number of nitrogens with one attached hydrogen (secondary N) is 1. The van der Waals surface area contributed by atoms with Crippen molar-refractivity contribution in [2.45, 2.75) is 53.5 Å². The van der Waals surface area contributed by atoms with Crippen LogP contribution in [0.1, 0.15) is 44.3 Å². The Labute approximate surface area is 129 Å². The first-order valence-electron chi connectivity index (χ1n) is 7.14. The van der Waals surface area contributed by atoms with E-state index in [2.05, 4.69) is 47.4 Å². The van der Waals surface area contributed by atoms with Crippen molar-refractivity contribution in [3.8, 4) is 10.7 Å². The average Bonchev–Trinajstić information content (AvgIpc) is 2.89. The van der Waals surface area contributed by atoms with Crippen molar-refractivity contribution in [3.63, 3.8) is 0 Å². The monoisotopic (exact) mass is 310 g/mol. The molecule has 0 fully saturated rings. The average molecular weight is 310 g/mol. The van der Waals surface area contributed by atoms with Crippen molar-refractivity contribution in [3.05, 3.63) is 15.5 Å². The van der Waals surface area contributed by atoms with Crippen LogP contribution in [0.3, 0.4) is 0 Å². The summed E-state index contributed by atoms with van der Waals surface area (Å²) in [6, 6.07) is 0. The third-order valence-corrected chi connectivity index (χ3v) is 4.61. The predicted octanol–water partition coefficient (Wildman–Crippen LogP) is 4.37. The minimum Gasteiger partial charge on any atom is -0.299 e. The third-order valence-electron chi connectivity index (χ3n) is 3.12. The molecule has 0 spiro atoms. The SMILES string of the molecule is CCCCn1c(-c2sc(CC(C)C)nc2C)n[nH]c1=S. The fourth-order valence-corrected chi connectivity index (χ4v) is 3.61. The van der Waals surface area contributed by atoms with Crippen LogP contribution in [0.2, 0.25) is 0 Å². The van der Waals surface area contributed by atoms with E-state index in [-0.39, 0.29) is 0 Å². The van der Waals surface area contributed by atoms with Crippen molar-refractivity contribution in [1.82, 2.24) is 19.7 Å². The maximum absolute atomic E-state index is 5.34. The van der Waals surface area contributed by atoms with E-state index in [0.717, 1.165) is 42.2 Å². The molecule has 0 aliphatic carbocycles. The quantitative estimate of drug-likeness (QED) is 0.806. The molecule has 0 aromatic carbocycles. The molecule has 2 rings (SSSR count). The summed E-state index contributed by atoms with van der Waals surface area (Å²) in [5, 5.41) is 8.51. The van der Waals surface area contributed by atoms with E-state index < -0.39 is 0 Å². The zero-order valence-electron chi connectivity index (χ0n) is 12.6. The van der Waals surface area contributed by atoms with Gasteiger partial charge in [-0.25, -0.2) is 4.98 Å². The number of H-pyrrole nitrogens is 1. The molecule has 0 saturated heterocycles. The standard InChI is InChI=1S/C14H22N4S2/c1-5-6-7-18-13(16-17-14(18)19)12-10(4)15-11(20-12)8-9(2)3/h9H,5-8H2,1-4H3,(H,17,19). The zero-order chi connectivity index (χ0) is 14.7. The van der Waals surface area contributed by atoms with Crippen molar-refractivity contribution in [2.24, 2.45) is 5.92 Å². The van der Waals surface area contributed by atoms with E-state index in [9.17, 15) is 0 Å². The summed E-state index contributed by atoms with van der Waals surface area (Å²) >= 11 is 7.08. The van der Waals surface area contributed by atoms with Gasteiger partial charge in [0.25, 0.3) is 0 Å². The highest BCUT2D eigenvalue weighted by molar-refractivity contribution is 7.71. The highest BCUT2D eigenvalue weighted by Crippen LogP contribution is 2.30. The van der Waals surface area contributed by atoms with Gasteiger partial charge in [-0.15, -0.1) is 11.3 Å². The highest BCUT2D eigenvalue weighted by atomic mass is 32.1. The van der Waals surface area contributed by atoms with Crippen molar-refractivity contribution in [1.29, 1.82) is 0 Å². The lowest BCUT2D eigenvalue weighted by Crippen LogP contribution is -2.00. The lowest BCUT2D eigenvalue weighted by atomic mass is 10.1. The van der Waals surface area contributed by atoms with Gasteiger partial charge < -0.3 is 0 Å². The summed E-state index contributed by atoms with van der Waals surface area (Å²) in [5.74, 6) is 1.56. The zero-order valence-corrected chi connectivity index (χ0v) is 14.2. The third kappa shape index (κ3) is 3.35. The van der Waals surface area contributed by atoms with E-state index >= 15 is 0 Å². The normalized spacial score (nSPS) is 11.4. The van der Waals surface area contributed by atoms with Gasteiger partial charge in [0.2, 0.25) is 0 Å². The van der Waals surface area contributed by atoms with Crippen LogP contribution in [0.4, 0.5) is 0 Å². The fourth-order valence-electron chi connectivity index (χ4n) is 2.11. The number of hydrogen-bond donors (Lipinski definition) is 1. The Hall–Kier alpha value is -1.01. The molecule has 0 aliphatic heterocycles. The van der Waals surface area contributed by atoms with Crippen LogP contribution in [-0.2, 0) is 13.0 Å². The van der Waals surface area contributed by atoms with Gasteiger partial charge in [0.15, 0.2) is 10.6 Å². The van der Waals surface area contributed by atoms with Gasteiger partial charge in [-0.05, 0) is 31.5 Å². The number of thiazole rings is 1. The largest absolute Gasteiger partial charge is 0.299 e. The van der Waals surface area contributed by atoms with E-state index in [1.165, 1.54) is 5.01 Å². The second kappa shape index (κ2) is 6.63. The van der Waals surface area contributed by atoms with E-state index in [1.807, 2.05) is 0 Å². The van der Waals surface area contributed by atoms with Crippen molar-refractivity contribution >= 4 is 23.6 Å². The molecule has 20 heavy (non-hydrogen) atoms. The number of unbranched alkanes of at least 4 members (excludes halogenated alkanes) is 1. The van der Waals surface area contributed by atoms with Crippen LogP contribution in [0.25, 0.3) is 10.7 Å². The minimum atomic E-state index is 0.620. The molecule has 0 radical (unpaired) electrons. The van der Waals surface area contributed by atoms with Gasteiger partial charge in [-0.2, -0.15) is 5.10 Å². The number of aromatic amines is 1. The Morgan fingerprint density at radius 1 is 1.40 bits per heavy atom. The Morgan fingerprint density at radius 3 is 2.80 bits per heavy atom. The van der Waals surface area contributed by atoms with Crippen LogP contribution in [0.5, 0.6) is 0 Å². The topological polar surface area (TPSA) is 46.5 Å². The van der Waals surface area contributed by atoms with Crippen LogP contribution < -0.4 is 0 Å². The summed E-state index contributed by atoms with van der Waals surface area (Å²) in [6.07, 6.45) is 3.27. The summed E-state index contributed by atoms with van der Waals surface area (Å²) in [7, 11) is 0. The van der Waals surface area contributed by atoms with E-state index in [1.54, 1.807) is 11.3 Å². The smallest absolute Gasteiger partial charge is 0.195 e. The maximum Gasteiger partial charge on any atom is 0.195 e. The van der Waals surface area contributed by atoms with Crippen LogP contribution in [0.15, 0.2) is 0 Å². The molecule has 2 heterocycles. The maximum atomic E-state index is 5.34. The molecular weight excluding hydrogens is 288 g/mol. The van der Waals surface area contributed by atoms with Gasteiger partial charge in [0.05, 0.1) is 15.6 Å². The number of nitrogens with zero attached hydrogens (tertiary/aromatic N) is 3. The lowest BCUT2D eigenvalue weighted by Gasteiger charge is -2.04. The first-order chi connectivity index (χ1) is 9.52. The molecule has 110 valence electrons. The summed E-state index contributed by atoms with van der Waals surface area (Å²) in [4.78, 5) is 5.82. The molecule has 0 unspecified atom stereocenters. The molecule has 1 N–H and O–H groups in total. The number of hydrogen-bond acceptors (Lipinski definition) is 4. The first-order valence-corrected chi connectivity index (χ1v) is 8.37. The summed E-state index contributed by atoms with van der Waals surface area (Å²) in [6.45, 7) is 9.58. The Balaban J connectivity index is 2.36. The van der Waals surface area contributed by atoms with Gasteiger partial charge in [0.1, 0.15) is 0 Å². The Kier molecular flexibility index (Phi) is 5.10. The van der Waals surface area contributed by atoms with Gasteiger partial charge >= 0.3 is 0 Å². The lowest BCUT2D eigenvalue weighted by molar-refractivity contribution is 0.629. The highest BCUT2D eigenvalue weighted by Gasteiger charge is 2.16. The molecule has 0 saturated carbocycles. The molecule has 6 heteroatoms. The van der Waals surface area contributed by atoms with Crippen molar-refractivity contribution < 1.29 is 0 Å². The molecule has 2 aromatic rings. The van der Waals surface area contributed by atoms with Gasteiger partial charge in [-0.1, -0.05) is 27.2 Å². The molecule has 0 aliphatic rings. The molecular formula is C14H22N4S2. The predicted molar refractivity (Wildman–Crippen MR) is 86.7 cm³/mol. The van der Waals surface area contributed by atoms with Crippen LogP contribution in [0, 0.1) is 17.6 Å². The minimum absolute atomic E-state index is 0.620. The van der Waals surface area contributed by atoms with Gasteiger partial charge in [0, 0.05) is 13.0 Å². The van der Waals surface area contributed by atoms with Crippen LogP contribution >= 0.6 is 23.6 Å². The molecule has 0 bridgehead atoms. The first kappa shape index (κ1) is 15.4. The number of rotatable bonds is 6. The Morgan fingerprint density at radius 2 is 2.15 bits per heavy atom. The second-order valence-corrected chi connectivity index (χ2v) is 6.95. The van der Waals surface area contributed by atoms with Crippen LogP contribution in [-0.4, -0.2) is 19.7 Å².